The number of nitrogens with one attached hydrogen (secondary N) is 1. The highest BCUT2D eigenvalue weighted by Crippen LogP contribution is 2.15. The van der Waals surface area contributed by atoms with Crippen molar-refractivity contribution >= 4 is 17.5 Å². The molecular formula is C13H11ClFNO3. The van der Waals surface area contributed by atoms with Gasteiger partial charge < -0.3 is 14.5 Å². The summed E-state index contributed by atoms with van der Waals surface area (Å²) in [7, 11) is 0. The van der Waals surface area contributed by atoms with Crippen LogP contribution in [0.5, 0.6) is 5.75 Å². The maximum Gasteiger partial charge on any atom is 0.258 e. The lowest BCUT2D eigenvalue weighted by Crippen LogP contribution is -2.28. The molecule has 2 rings (SSSR count). The summed E-state index contributed by atoms with van der Waals surface area (Å²) in [6.07, 6.45) is 0. The largest absolute Gasteiger partial charge is 0.481 e. The highest BCUT2D eigenvalue weighted by Gasteiger charge is 2.07. The first-order valence-corrected chi connectivity index (χ1v) is 5.91. The minimum absolute atomic E-state index is 0.0405. The van der Waals surface area contributed by atoms with E-state index in [1.165, 1.54) is 12.1 Å². The highest BCUT2D eigenvalue weighted by molar-refractivity contribution is 6.28. The summed E-state index contributed by atoms with van der Waals surface area (Å²) < 4.78 is 23.3. The fourth-order valence-corrected chi connectivity index (χ4v) is 1.55. The lowest BCUT2D eigenvalue weighted by molar-refractivity contribution is -0.123. The van der Waals surface area contributed by atoms with Crippen molar-refractivity contribution in [2.45, 2.75) is 6.54 Å². The molecule has 0 radical (unpaired) electrons. The van der Waals surface area contributed by atoms with Crippen LogP contribution in [0.2, 0.25) is 5.22 Å². The van der Waals surface area contributed by atoms with Gasteiger partial charge in [-0.25, -0.2) is 4.39 Å². The molecule has 1 N–H and O–H groups in total. The quantitative estimate of drug-likeness (QED) is 0.918. The zero-order chi connectivity index (χ0) is 13.7. The van der Waals surface area contributed by atoms with Crippen molar-refractivity contribution in [2.24, 2.45) is 0 Å². The molecule has 4 nitrogen and oxygen atoms in total. The average molecular weight is 284 g/mol. The van der Waals surface area contributed by atoms with Gasteiger partial charge in [0, 0.05) is 0 Å². The number of halogens is 2. The number of benzene rings is 1. The number of carbonyl (C=O) groups is 1. The topological polar surface area (TPSA) is 51.5 Å². The van der Waals surface area contributed by atoms with Crippen LogP contribution >= 0.6 is 11.6 Å². The maximum absolute atomic E-state index is 13.2. The van der Waals surface area contributed by atoms with E-state index in [4.69, 9.17) is 20.8 Å². The Labute approximate surface area is 114 Å². The van der Waals surface area contributed by atoms with E-state index in [9.17, 15) is 9.18 Å². The Morgan fingerprint density at radius 1 is 1.32 bits per heavy atom. The van der Waals surface area contributed by atoms with Gasteiger partial charge in [0.25, 0.3) is 5.91 Å². The Hall–Kier alpha value is -2.01. The van der Waals surface area contributed by atoms with Crippen molar-refractivity contribution in [3.63, 3.8) is 0 Å². The molecule has 100 valence electrons. The zero-order valence-electron chi connectivity index (χ0n) is 9.86. The molecule has 0 aliphatic carbocycles. The fraction of sp³-hybridized carbons (Fsp3) is 0.154. The molecule has 1 aromatic carbocycles. The first-order chi connectivity index (χ1) is 9.15. The molecule has 0 spiro atoms. The summed E-state index contributed by atoms with van der Waals surface area (Å²) in [4.78, 5) is 11.5. The van der Waals surface area contributed by atoms with E-state index in [0.717, 1.165) is 0 Å². The zero-order valence-corrected chi connectivity index (χ0v) is 10.6. The second kappa shape index (κ2) is 6.24. The van der Waals surface area contributed by atoms with Gasteiger partial charge in [0.15, 0.2) is 23.4 Å². The lowest BCUT2D eigenvalue weighted by Gasteiger charge is -2.07. The van der Waals surface area contributed by atoms with E-state index in [2.05, 4.69) is 5.32 Å². The number of hydrogen-bond donors (Lipinski definition) is 1. The van der Waals surface area contributed by atoms with Crippen molar-refractivity contribution < 1.29 is 18.3 Å². The van der Waals surface area contributed by atoms with Crippen LogP contribution in [0.3, 0.4) is 0 Å². The molecule has 0 aliphatic heterocycles. The Kier molecular flexibility index (Phi) is 4.41. The average Bonchev–Trinajstić information content (AvgIpc) is 2.81. The minimum Gasteiger partial charge on any atom is -0.481 e. The molecule has 1 amide bonds. The third-order valence-electron chi connectivity index (χ3n) is 2.28. The third-order valence-corrected chi connectivity index (χ3v) is 2.49. The Morgan fingerprint density at radius 2 is 2.11 bits per heavy atom. The number of carbonyl (C=O) groups excluding carboxylic acids is 1. The van der Waals surface area contributed by atoms with E-state index in [0.29, 0.717) is 5.76 Å². The van der Waals surface area contributed by atoms with Crippen molar-refractivity contribution in [1.82, 2.24) is 5.32 Å². The van der Waals surface area contributed by atoms with Crippen LogP contribution in [0.25, 0.3) is 0 Å². The molecule has 0 bridgehead atoms. The molecule has 0 fully saturated rings. The molecule has 2 aromatic rings. The maximum atomic E-state index is 13.2. The predicted molar refractivity (Wildman–Crippen MR) is 67.5 cm³/mol. The van der Waals surface area contributed by atoms with Crippen LogP contribution in [0.1, 0.15) is 5.76 Å². The summed E-state index contributed by atoms with van der Waals surface area (Å²) in [6, 6.07) is 9.12. The number of para-hydroxylation sites is 1. The van der Waals surface area contributed by atoms with Crippen LogP contribution in [0.4, 0.5) is 4.39 Å². The molecule has 0 atom stereocenters. The van der Waals surface area contributed by atoms with Crippen LogP contribution in [-0.2, 0) is 11.3 Å². The summed E-state index contributed by atoms with van der Waals surface area (Å²) in [6.45, 7) is -0.0679. The van der Waals surface area contributed by atoms with Gasteiger partial charge in [-0.1, -0.05) is 12.1 Å². The number of furan rings is 1. The minimum atomic E-state index is -0.506. The third kappa shape index (κ3) is 3.99. The lowest BCUT2D eigenvalue weighted by atomic mass is 10.3. The number of rotatable bonds is 5. The molecule has 0 saturated carbocycles. The summed E-state index contributed by atoms with van der Waals surface area (Å²) in [5.41, 5.74) is 0. The van der Waals surface area contributed by atoms with E-state index in [-0.39, 0.29) is 30.0 Å². The van der Waals surface area contributed by atoms with Gasteiger partial charge in [-0.15, -0.1) is 0 Å². The van der Waals surface area contributed by atoms with E-state index >= 15 is 0 Å². The molecule has 0 saturated heterocycles. The van der Waals surface area contributed by atoms with Gasteiger partial charge in [-0.3, -0.25) is 4.79 Å². The molecular weight excluding hydrogens is 273 g/mol. The standard InChI is InChI=1S/C13H11ClFNO3/c14-12-6-5-9(19-12)7-16-13(17)8-18-11-4-2-1-3-10(11)15/h1-6H,7-8H2,(H,16,17). The van der Waals surface area contributed by atoms with Crippen molar-refractivity contribution in [3.8, 4) is 5.75 Å². The Bertz CT molecular complexity index is 571. The summed E-state index contributed by atoms with van der Waals surface area (Å²) in [5, 5.41) is 2.82. The molecule has 0 unspecified atom stereocenters. The SMILES string of the molecule is O=C(COc1ccccc1F)NCc1ccc(Cl)o1. The van der Waals surface area contributed by atoms with Gasteiger partial charge in [0.1, 0.15) is 5.76 Å². The monoisotopic (exact) mass is 283 g/mol. The van der Waals surface area contributed by atoms with Crippen molar-refractivity contribution in [1.29, 1.82) is 0 Å². The van der Waals surface area contributed by atoms with Crippen LogP contribution in [0.15, 0.2) is 40.8 Å². The van der Waals surface area contributed by atoms with E-state index in [1.807, 2.05) is 0 Å². The molecule has 1 aromatic heterocycles. The second-order valence-corrected chi connectivity index (χ2v) is 4.07. The first-order valence-electron chi connectivity index (χ1n) is 5.53. The molecule has 0 aliphatic rings. The smallest absolute Gasteiger partial charge is 0.258 e. The van der Waals surface area contributed by atoms with Gasteiger partial charge in [-0.2, -0.15) is 0 Å². The van der Waals surface area contributed by atoms with Crippen molar-refractivity contribution in [2.75, 3.05) is 6.61 Å². The fourth-order valence-electron chi connectivity index (χ4n) is 1.39. The Balaban J connectivity index is 1.77. The highest BCUT2D eigenvalue weighted by atomic mass is 35.5. The van der Waals surface area contributed by atoms with E-state index in [1.54, 1.807) is 24.3 Å². The number of amides is 1. The summed E-state index contributed by atoms with van der Waals surface area (Å²) in [5.74, 6) is -0.313. The molecule has 19 heavy (non-hydrogen) atoms. The number of hydrogen-bond acceptors (Lipinski definition) is 3. The second-order valence-electron chi connectivity index (χ2n) is 3.70. The molecule has 6 heteroatoms. The normalized spacial score (nSPS) is 10.2. The molecule has 1 heterocycles. The van der Waals surface area contributed by atoms with Crippen LogP contribution in [0, 0.1) is 5.82 Å². The predicted octanol–water partition coefficient (Wildman–Crippen LogP) is 2.77. The van der Waals surface area contributed by atoms with Crippen LogP contribution in [-0.4, -0.2) is 12.5 Å². The first kappa shape index (κ1) is 13.4. The van der Waals surface area contributed by atoms with Gasteiger partial charge in [0.2, 0.25) is 0 Å². The van der Waals surface area contributed by atoms with E-state index < -0.39 is 5.82 Å². The van der Waals surface area contributed by atoms with Gasteiger partial charge in [0.05, 0.1) is 6.54 Å². The van der Waals surface area contributed by atoms with Gasteiger partial charge in [-0.05, 0) is 35.9 Å². The van der Waals surface area contributed by atoms with Crippen molar-refractivity contribution in [3.05, 3.63) is 53.2 Å². The number of ether oxygens (including phenoxy) is 1. The summed E-state index contributed by atoms with van der Waals surface area (Å²) >= 11 is 5.59. The van der Waals surface area contributed by atoms with Crippen LogP contribution < -0.4 is 10.1 Å². The van der Waals surface area contributed by atoms with Gasteiger partial charge >= 0.3 is 0 Å². The Morgan fingerprint density at radius 3 is 2.79 bits per heavy atom.